The minimum atomic E-state index is -2.54. The molecule has 1 aromatic heterocycles. The van der Waals surface area contributed by atoms with E-state index < -0.39 is 7.37 Å². The van der Waals surface area contributed by atoms with Gasteiger partial charge < -0.3 is 8.94 Å². The zero-order chi connectivity index (χ0) is 11.1. The van der Waals surface area contributed by atoms with Gasteiger partial charge in [0.05, 0.1) is 0 Å². The summed E-state index contributed by atoms with van der Waals surface area (Å²) < 4.78 is 22.5. The van der Waals surface area contributed by atoms with E-state index in [0.717, 1.165) is 11.1 Å². The summed E-state index contributed by atoms with van der Waals surface area (Å²) in [6.45, 7) is 5.05. The van der Waals surface area contributed by atoms with E-state index in [0.29, 0.717) is 11.3 Å². The molecule has 0 aliphatic carbocycles. The minimum absolute atomic E-state index is 0.550. The van der Waals surface area contributed by atoms with Crippen LogP contribution in [0, 0.1) is 6.92 Å². The first kappa shape index (κ1) is 10.3. The molecule has 2 aromatic rings. The topological polar surface area (TPSA) is 39.4 Å². The van der Waals surface area contributed by atoms with E-state index in [1.165, 1.54) is 0 Å². The second-order valence-electron chi connectivity index (χ2n) is 3.87. The van der Waals surface area contributed by atoms with Crippen molar-refractivity contribution in [3.8, 4) is 5.75 Å². The number of para-hydroxylation sites is 1. The van der Waals surface area contributed by atoms with Crippen molar-refractivity contribution in [2.24, 2.45) is 0 Å². The Balaban J connectivity index is 2.55. The Bertz CT molecular complexity index is 536. The number of aryl methyl sites for hydroxylation is 1. The quantitative estimate of drug-likeness (QED) is 0.731. The lowest BCUT2D eigenvalue weighted by Crippen LogP contribution is -1.88. The maximum atomic E-state index is 11.6. The molecule has 4 heteroatoms. The van der Waals surface area contributed by atoms with Gasteiger partial charge in [-0.3, -0.25) is 4.57 Å². The van der Waals surface area contributed by atoms with Crippen molar-refractivity contribution in [1.29, 1.82) is 0 Å². The first-order chi connectivity index (χ1) is 6.96. The van der Waals surface area contributed by atoms with E-state index in [1.54, 1.807) is 19.4 Å². The van der Waals surface area contributed by atoms with Gasteiger partial charge in [0.15, 0.2) is 11.3 Å². The number of furan rings is 1. The number of fused-ring (bicyclic) bond motifs is 1. The van der Waals surface area contributed by atoms with Crippen molar-refractivity contribution < 1.29 is 13.5 Å². The van der Waals surface area contributed by atoms with Crippen LogP contribution in [-0.4, -0.2) is 13.3 Å². The summed E-state index contributed by atoms with van der Waals surface area (Å²) in [6.07, 6.45) is 0. The van der Waals surface area contributed by atoms with Gasteiger partial charge in [-0.05, 0) is 19.1 Å². The predicted molar refractivity (Wildman–Crippen MR) is 61.0 cm³/mol. The number of hydrogen-bond donors (Lipinski definition) is 0. The van der Waals surface area contributed by atoms with Crippen molar-refractivity contribution in [3.63, 3.8) is 0 Å². The Morgan fingerprint density at radius 2 is 2.07 bits per heavy atom. The monoisotopic (exact) mass is 224 g/mol. The van der Waals surface area contributed by atoms with Gasteiger partial charge in [-0.15, -0.1) is 0 Å². The zero-order valence-electron chi connectivity index (χ0n) is 8.98. The van der Waals surface area contributed by atoms with Crippen LogP contribution in [0.2, 0.25) is 0 Å². The SMILES string of the molecule is Cc1cc2cccc(OP(C)(C)=O)c2o1. The minimum Gasteiger partial charge on any atom is -0.457 e. The molecule has 80 valence electrons. The number of rotatable bonds is 2. The highest BCUT2D eigenvalue weighted by molar-refractivity contribution is 7.57. The second-order valence-corrected chi connectivity index (χ2v) is 6.56. The second kappa shape index (κ2) is 3.42. The van der Waals surface area contributed by atoms with Crippen LogP contribution in [-0.2, 0) is 4.57 Å². The van der Waals surface area contributed by atoms with Gasteiger partial charge >= 0.3 is 0 Å². The largest absolute Gasteiger partial charge is 0.457 e. The highest BCUT2D eigenvalue weighted by Crippen LogP contribution is 2.41. The highest BCUT2D eigenvalue weighted by Gasteiger charge is 2.13. The van der Waals surface area contributed by atoms with Crippen LogP contribution in [0.15, 0.2) is 28.7 Å². The van der Waals surface area contributed by atoms with E-state index in [-0.39, 0.29) is 0 Å². The molecule has 0 bridgehead atoms. The third-order valence-electron chi connectivity index (χ3n) is 1.95. The van der Waals surface area contributed by atoms with Crippen molar-refractivity contribution in [1.82, 2.24) is 0 Å². The molecule has 0 atom stereocenters. The fraction of sp³-hybridized carbons (Fsp3) is 0.273. The van der Waals surface area contributed by atoms with E-state index in [1.807, 2.05) is 25.1 Å². The van der Waals surface area contributed by atoms with Gasteiger partial charge in [-0.1, -0.05) is 12.1 Å². The van der Waals surface area contributed by atoms with Crippen LogP contribution in [0.4, 0.5) is 0 Å². The standard InChI is InChI=1S/C11H13O3P/c1-8-7-9-5-4-6-10(11(9)13-8)14-15(2,3)12/h4-7H,1-3H3. The molecule has 0 saturated carbocycles. The number of hydrogen-bond acceptors (Lipinski definition) is 3. The Morgan fingerprint density at radius 1 is 1.33 bits per heavy atom. The Morgan fingerprint density at radius 3 is 2.73 bits per heavy atom. The molecular formula is C11H13O3P. The van der Waals surface area contributed by atoms with Crippen LogP contribution in [0.1, 0.15) is 5.76 Å². The third-order valence-corrected chi connectivity index (χ3v) is 2.59. The first-order valence-corrected chi connectivity index (χ1v) is 7.21. The molecule has 0 saturated heterocycles. The summed E-state index contributed by atoms with van der Waals surface area (Å²) in [7, 11) is -2.54. The van der Waals surface area contributed by atoms with Crippen LogP contribution >= 0.6 is 7.37 Å². The summed E-state index contributed by atoms with van der Waals surface area (Å²) >= 11 is 0. The maximum Gasteiger partial charge on any atom is 0.242 e. The van der Waals surface area contributed by atoms with Crippen molar-refractivity contribution in [2.45, 2.75) is 6.92 Å². The average Bonchev–Trinajstić information content (AvgIpc) is 2.43. The summed E-state index contributed by atoms with van der Waals surface area (Å²) in [5.74, 6) is 1.37. The molecule has 2 rings (SSSR count). The maximum absolute atomic E-state index is 11.6. The van der Waals surface area contributed by atoms with Crippen LogP contribution < -0.4 is 4.52 Å². The zero-order valence-corrected chi connectivity index (χ0v) is 9.88. The summed E-state index contributed by atoms with van der Waals surface area (Å²) in [5.41, 5.74) is 0.666. The molecule has 0 amide bonds. The summed E-state index contributed by atoms with van der Waals surface area (Å²) in [5, 5.41) is 0.971. The van der Waals surface area contributed by atoms with Crippen molar-refractivity contribution in [3.05, 3.63) is 30.0 Å². The molecule has 0 unspecified atom stereocenters. The molecule has 0 aliphatic rings. The molecule has 0 spiro atoms. The molecule has 3 nitrogen and oxygen atoms in total. The molecule has 0 fully saturated rings. The fourth-order valence-electron chi connectivity index (χ4n) is 1.47. The summed E-state index contributed by atoms with van der Waals surface area (Å²) in [4.78, 5) is 0. The lowest BCUT2D eigenvalue weighted by molar-refractivity contribution is 0.485. The Labute approximate surface area is 88.5 Å². The number of benzene rings is 1. The van der Waals surface area contributed by atoms with Crippen LogP contribution in [0.5, 0.6) is 5.75 Å². The first-order valence-electron chi connectivity index (χ1n) is 4.69. The molecule has 0 radical (unpaired) electrons. The Kier molecular flexibility index (Phi) is 2.35. The molecular weight excluding hydrogens is 211 g/mol. The fourth-order valence-corrected chi connectivity index (χ4v) is 2.09. The van der Waals surface area contributed by atoms with Crippen LogP contribution in [0.3, 0.4) is 0 Å². The van der Waals surface area contributed by atoms with Gasteiger partial charge in [-0.25, -0.2) is 0 Å². The summed E-state index contributed by atoms with van der Waals surface area (Å²) in [6, 6.07) is 7.50. The van der Waals surface area contributed by atoms with Crippen LogP contribution in [0.25, 0.3) is 11.0 Å². The normalized spacial score (nSPS) is 11.9. The van der Waals surface area contributed by atoms with E-state index in [4.69, 9.17) is 8.94 Å². The lowest BCUT2D eigenvalue weighted by atomic mass is 10.2. The van der Waals surface area contributed by atoms with E-state index in [2.05, 4.69) is 0 Å². The lowest BCUT2D eigenvalue weighted by Gasteiger charge is -2.09. The van der Waals surface area contributed by atoms with Gasteiger partial charge in [0.25, 0.3) is 0 Å². The van der Waals surface area contributed by atoms with E-state index >= 15 is 0 Å². The highest BCUT2D eigenvalue weighted by atomic mass is 31.2. The Hall–Kier alpha value is -1.21. The molecule has 0 N–H and O–H groups in total. The van der Waals surface area contributed by atoms with Gasteiger partial charge in [0, 0.05) is 18.7 Å². The molecule has 1 heterocycles. The molecule has 15 heavy (non-hydrogen) atoms. The van der Waals surface area contributed by atoms with Crippen molar-refractivity contribution >= 4 is 18.3 Å². The van der Waals surface area contributed by atoms with E-state index in [9.17, 15) is 4.57 Å². The van der Waals surface area contributed by atoms with Gasteiger partial charge in [-0.2, -0.15) is 0 Å². The van der Waals surface area contributed by atoms with Crippen molar-refractivity contribution in [2.75, 3.05) is 13.3 Å². The molecule has 1 aromatic carbocycles. The third kappa shape index (κ3) is 2.24. The van der Waals surface area contributed by atoms with Gasteiger partial charge in [0.1, 0.15) is 5.76 Å². The molecule has 0 aliphatic heterocycles. The van der Waals surface area contributed by atoms with Gasteiger partial charge in [0.2, 0.25) is 7.37 Å². The smallest absolute Gasteiger partial charge is 0.242 e. The predicted octanol–water partition coefficient (Wildman–Crippen LogP) is 3.66. The average molecular weight is 224 g/mol.